The number of nitrogens with two attached hydrogens (primary N) is 1. The van der Waals surface area contributed by atoms with Crippen LogP contribution in [0, 0.1) is 10.1 Å². The third-order valence-electron chi connectivity index (χ3n) is 2.63. The highest BCUT2D eigenvalue weighted by Gasteiger charge is 2.13. The van der Waals surface area contributed by atoms with E-state index < -0.39 is 0 Å². The molecule has 0 amide bonds. The lowest BCUT2D eigenvalue weighted by Gasteiger charge is -2.27. The first-order valence-electron chi connectivity index (χ1n) is 5.08. The van der Waals surface area contributed by atoms with Crippen LogP contribution in [0.4, 0.5) is 11.4 Å². The van der Waals surface area contributed by atoms with Gasteiger partial charge < -0.3 is 28.1 Å². The Morgan fingerprint density at radius 1 is 1.18 bits per heavy atom. The van der Waals surface area contributed by atoms with Gasteiger partial charge in [0.2, 0.25) is 0 Å². The summed E-state index contributed by atoms with van der Waals surface area (Å²) < 4.78 is 0. The SMILES string of the molecule is O.O=[N+]([O-])c1ccc(N2CC[NH2+]CC2)cc1.[Cl-]. The number of quaternary nitrogens is 1. The predicted molar refractivity (Wildman–Crippen MR) is 60.6 cm³/mol. The van der Waals surface area contributed by atoms with Crippen molar-refractivity contribution in [3.63, 3.8) is 0 Å². The lowest BCUT2D eigenvalue weighted by molar-refractivity contribution is -0.655. The van der Waals surface area contributed by atoms with Crippen LogP contribution in [0.1, 0.15) is 0 Å². The largest absolute Gasteiger partial charge is 1.00 e. The van der Waals surface area contributed by atoms with Crippen LogP contribution in [0.5, 0.6) is 0 Å². The Hall–Kier alpha value is -1.37. The molecule has 0 saturated carbocycles. The summed E-state index contributed by atoms with van der Waals surface area (Å²) in [7, 11) is 0. The first kappa shape index (κ1) is 15.6. The number of anilines is 1. The molecule has 0 aliphatic carbocycles. The van der Waals surface area contributed by atoms with Crippen molar-refractivity contribution in [2.45, 2.75) is 0 Å². The van der Waals surface area contributed by atoms with Crippen LogP contribution < -0.4 is 22.6 Å². The number of hydrogen-bond donors (Lipinski definition) is 1. The molecule has 6 nitrogen and oxygen atoms in total. The molecule has 1 saturated heterocycles. The molecule has 0 atom stereocenters. The van der Waals surface area contributed by atoms with Crippen molar-refractivity contribution in [2.24, 2.45) is 0 Å². The van der Waals surface area contributed by atoms with Crippen molar-refractivity contribution in [3.8, 4) is 0 Å². The average Bonchev–Trinajstić information content (AvgIpc) is 2.30. The maximum atomic E-state index is 10.5. The maximum absolute atomic E-state index is 10.5. The third-order valence-corrected chi connectivity index (χ3v) is 2.63. The number of nitro groups is 1. The molecule has 0 radical (unpaired) electrons. The molecule has 0 aromatic heterocycles. The van der Waals surface area contributed by atoms with E-state index in [1.54, 1.807) is 12.1 Å². The van der Waals surface area contributed by atoms with Crippen molar-refractivity contribution in [3.05, 3.63) is 34.4 Å². The van der Waals surface area contributed by atoms with Crippen molar-refractivity contribution in [2.75, 3.05) is 31.1 Å². The summed E-state index contributed by atoms with van der Waals surface area (Å²) in [4.78, 5) is 12.4. The van der Waals surface area contributed by atoms with Crippen LogP contribution in [0.2, 0.25) is 0 Å². The number of piperazine rings is 1. The van der Waals surface area contributed by atoms with Gasteiger partial charge in [0.25, 0.3) is 5.69 Å². The van der Waals surface area contributed by atoms with Crippen LogP contribution in [0.25, 0.3) is 0 Å². The number of hydrogen-bond acceptors (Lipinski definition) is 3. The van der Waals surface area contributed by atoms with Crippen molar-refractivity contribution < 1.29 is 28.1 Å². The Morgan fingerprint density at radius 3 is 2.18 bits per heavy atom. The van der Waals surface area contributed by atoms with Crippen molar-refractivity contribution >= 4 is 11.4 Å². The van der Waals surface area contributed by atoms with E-state index in [1.807, 2.05) is 12.1 Å². The summed E-state index contributed by atoms with van der Waals surface area (Å²) in [5, 5.41) is 12.8. The molecule has 7 heteroatoms. The van der Waals surface area contributed by atoms with Gasteiger partial charge in [-0.05, 0) is 12.1 Å². The molecule has 0 bridgehead atoms. The van der Waals surface area contributed by atoms with E-state index in [0.29, 0.717) is 0 Å². The minimum absolute atomic E-state index is 0. The van der Waals surface area contributed by atoms with Gasteiger partial charge in [-0.25, -0.2) is 0 Å². The van der Waals surface area contributed by atoms with E-state index in [1.165, 1.54) is 0 Å². The van der Waals surface area contributed by atoms with E-state index in [-0.39, 0.29) is 28.5 Å². The first-order valence-corrected chi connectivity index (χ1v) is 5.08. The van der Waals surface area contributed by atoms with Gasteiger partial charge in [-0.2, -0.15) is 0 Å². The molecule has 17 heavy (non-hydrogen) atoms. The van der Waals surface area contributed by atoms with Crippen LogP contribution in [0.3, 0.4) is 0 Å². The van der Waals surface area contributed by atoms with E-state index >= 15 is 0 Å². The van der Waals surface area contributed by atoms with Gasteiger partial charge in [0.1, 0.15) is 0 Å². The highest BCUT2D eigenvalue weighted by Crippen LogP contribution is 2.18. The molecule has 2 rings (SSSR count). The van der Waals surface area contributed by atoms with E-state index in [9.17, 15) is 10.1 Å². The second kappa shape index (κ2) is 7.05. The van der Waals surface area contributed by atoms with Crippen LogP contribution >= 0.6 is 0 Å². The molecule has 96 valence electrons. The summed E-state index contributed by atoms with van der Waals surface area (Å²) in [6, 6.07) is 6.77. The van der Waals surface area contributed by atoms with Gasteiger partial charge in [0.15, 0.2) is 0 Å². The summed E-state index contributed by atoms with van der Waals surface area (Å²) >= 11 is 0. The third kappa shape index (κ3) is 3.85. The molecule has 1 fully saturated rings. The van der Waals surface area contributed by atoms with Gasteiger partial charge >= 0.3 is 0 Å². The number of nitro benzene ring substituents is 1. The van der Waals surface area contributed by atoms with E-state index in [0.717, 1.165) is 31.9 Å². The summed E-state index contributed by atoms with van der Waals surface area (Å²) in [5.74, 6) is 0. The van der Waals surface area contributed by atoms with Crippen LogP contribution in [-0.2, 0) is 0 Å². The number of halogens is 1. The summed E-state index contributed by atoms with van der Waals surface area (Å²) in [6.45, 7) is 4.21. The zero-order chi connectivity index (χ0) is 10.7. The second-order valence-corrected chi connectivity index (χ2v) is 3.63. The molecule has 1 aliphatic rings. The standard InChI is InChI=1S/C10H13N3O2.ClH.H2O/c14-13(15)10-3-1-9(2-4-10)12-7-5-11-6-8-12;;/h1-4,11H,5-8H2;1H;1H2. The molecule has 0 unspecified atom stereocenters. The molecule has 1 heterocycles. The second-order valence-electron chi connectivity index (χ2n) is 3.63. The number of benzene rings is 1. The zero-order valence-corrected chi connectivity index (χ0v) is 10.1. The lowest BCUT2D eigenvalue weighted by Crippen LogP contribution is -3.00. The van der Waals surface area contributed by atoms with E-state index in [2.05, 4.69) is 10.2 Å². The fourth-order valence-corrected chi connectivity index (χ4v) is 1.79. The molecule has 1 aliphatic heterocycles. The van der Waals surface area contributed by atoms with Crippen molar-refractivity contribution in [1.29, 1.82) is 0 Å². The Balaban J connectivity index is 0.00000128. The monoisotopic (exact) mass is 261 g/mol. The van der Waals surface area contributed by atoms with Crippen LogP contribution in [0.15, 0.2) is 24.3 Å². The van der Waals surface area contributed by atoms with Crippen molar-refractivity contribution in [1.82, 2.24) is 0 Å². The Morgan fingerprint density at radius 2 is 1.71 bits per heavy atom. The number of nitrogens with zero attached hydrogens (tertiary/aromatic N) is 2. The van der Waals surface area contributed by atoms with Gasteiger partial charge in [-0.1, -0.05) is 0 Å². The zero-order valence-electron chi connectivity index (χ0n) is 9.30. The Bertz CT molecular complexity index is 352. The quantitative estimate of drug-likeness (QED) is 0.436. The van der Waals surface area contributed by atoms with Gasteiger partial charge in [-0.15, -0.1) is 0 Å². The molecule has 0 spiro atoms. The molecule has 4 N–H and O–H groups in total. The Kier molecular flexibility index (Phi) is 6.48. The van der Waals surface area contributed by atoms with E-state index in [4.69, 9.17) is 0 Å². The lowest BCUT2D eigenvalue weighted by atomic mass is 10.2. The summed E-state index contributed by atoms with van der Waals surface area (Å²) in [5.41, 5.74) is 1.23. The normalized spacial score (nSPS) is 14.5. The molecular weight excluding hydrogens is 246 g/mol. The number of non-ortho nitro benzene ring substituents is 1. The van der Waals surface area contributed by atoms with Gasteiger partial charge in [0, 0.05) is 17.8 Å². The highest BCUT2D eigenvalue weighted by molar-refractivity contribution is 5.50. The van der Waals surface area contributed by atoms with Gasteiger partial charge in [-0.3, -0.25) is 10.1 Å². The number of rotatable bonds is 2. The highest BCUT2D eigenvalue weighted by atomic mass is 35.5. The fraction of sp³-hybridized carbons (Fsp3) is 0.400. The smallest absolute Gasteiger partial charge is 0.269 e. The van der Waals surface area contributed by atoms with Crippen LogP contribution in [-0.4, -0.2) is 36.6 Å². The molecule has 1 aromatic rings. The maximum Gasteiger partial charge on any atom is 0.269 e. The molecular formula is C10H16ClN3O3. The summed E-state index contributed by atoms with van der Waals surface area (Å²) in [6.07, 6.45) is 0. The first-order chi connectivity index (χ1) is 7.27. The van der Waals surface area contributed by atoms with Gasteiger partial charge in [0.05, 0.1) is 31.1 Å². The topological polar surface area (TPSA) is 94.5 Å². The average molecular weight is 262 g/mol. The molecule has 1 aromatic carbocycles. The fourth-order valence-electron chi connectivity index (χ4n) is 1.79. The predicted octanol–water partition coefficient (Wildman–Crippen LogP) is -3.84. The minimum atomic E-state index is -0.367. The minimum Gasteiger partial charge on any atom is -1.00 e. The Labute approximate surface area is 105 Å².